The summed E-state index contributed by atoms with van der Waals surface area (Å²) in [5, 5.41) is 4.83. The van der Waals surface area contributed by atoms with Crippen molar-refractivity contribution in [3.05, 3.63) is 72.8 Å². The van der Waals surface area contributed by atoms with Gasteiger partial charge in [-0.2, -0.15) is 0 Å². The van der Waals surface area contributed by atoms with Crippen molar-refractivity contribution in [2.24, 2.45) is 5.41 Å². The van der Waals surface area contributed by atoms with Crippen LogP contribution < -0.4 is 9.47 Å². The molecule has 2 heteroatoms. The molecule has 0 atom stereocenters. The van der Waals surface area contributed by atoms with Crippen LogP contribution in [0.25, 0.3) is 32.7 Å². The van der Waals surface area contributed by atoms with E-state index in [1.807, 2.05) is 0 Å². The van der Waals surface area contributed by atoms with Gasteiger partial charge >= 0.3 is 0 Å². The quantitative estimate of drug-likeness (QED) is 0.354. The van der Waals surface area contributed by atoms with Crippen LogP contribution in [-0.4, -0.2) is 13.2 Å². The third-order valence-corrected chi connectivity index (χ3v) is 6.32. The second-order valence-corrected chi connectivity index (χ2v) is 8.81. The number of ether oxygens (including phenoxy) is 2. The lowest BCUT2D eigenvalue weighted by Crippen LogP contribution is -2.31. The molecule has 1 aliphatic heterocycles. The molecule has 152 valence electrons. The molecule has 0 amide bonds. The molecule has 2 nitrogen and oxygen atoms in total. The largest absolute Gasteiger partial charge is 0.492 e. The molecule has 0 fully saturated rings. The summed E-state index contributed by atoms with van der Waals surface area (Å²) in [5.41, 5.74) is 2.26. The molecule has 0 unspecified atom stereocenters. The highest BCUT2D eigenvalue weighted by molar-refractivity contribution is 6.09. The third-order valence-electron chi connectivity index (χ3n) is 6.32. The number of unbranched alkanes of at least 4 members (excludes halogenated alkanes) is 1. The maximum Gasteiger partial charge on any atom is 0.127 e. The average Bonchev–Trinajstić information content (AvgIpc) is 2.85. The fourth-order valence-electron chi connectivity index (χ4n) is 4.55. The first kappa shape index (κ1) is 19.0. The Morgan fingerprint density at radius 3 is 1.70 bits per heavy atom. The summed E-state index contributed by atoms with van der Waals surface area (Å²) in [6.45, 7) is 5.84. The third kappa shape index (κ3) is 3.31. The predicted octanol–water partition coefficient (Wildman–Crippen LogP) is 7.63. The molecule has 1 heterocycles. The van der Waals surface area contributed by atoms with Gasteiger partial charge in [0.2, 0.25) is 0 Å². The van der Waals surface area contributed by atoms with Crippen LogP contribution >= 0.6 is 0 Å². The molecular formula is C28H28O2. The van der Waals surface area contributed by atoms with Crippen LogP contribution in [0.4, 0.5) is 0 Å². The van der Waals surface area contributed by atoms with Gasteiger partial charge < -0.3 is 9.47 Å². The van der Waals surface area contributed by atoms with Crippen molar-refractivity contribution in [2.45, 2.75) is 33.1 Å². The lowest BCUT2D eigenvalue weighted by Gasteiger charge is -2.29. The van der Waals surface area contributed by atoms with E-state index in [1.165, 1.54) is 34.4 Å². The van der Waals surface area contributed by atoms with Crippen LogP contribution in [0, 0.1) is 5.41 Å². The summed E-state index contributed by atoms with van der Waals surface area (Å²) < 4.78 is 13.1. The molecule has 1 aliphatic rings. The first-order valence-corrected chi connectivity index (χ1v) is 11.0. The van der Waals surface area contributed by atoms with Crippen molar-refractivity contribution in [3.8, 4) is 22.6 Å². The standard InChI is InChI=1S/C28H28O2/c1-3-4-17-28(2)18-29-24-15-13-20-9-5-7-11-22(20)26(24)27-23-12-8-6-10-21(23)14-16-25(27)30-19-28/h5-16H,3-4,17-19H2,1-2H3. The minimum Gasteiger partial charge on any atom is -0.492 e. The van der Waals surface area contributed by atoms with Gasteiger partial charge in [0.25, 0.3) is 0 Å². The number of rotatable bonds is 3. The highest BCUT2D eigenvalue weighted by Gasteiger charge is 2.30. The number of fused-ring (bicyclic) bond motifs is 7. The molecule has 4 aromatic carbocycles. The van der Waals surface area contributed by atoms with Gasteiger partial charge in [0.1, 0.15) is 11.5 Å². The topological polar surface area (TPSA) is 18.5 Å². The Morgan fingerprint density at radius 2 is 1.20 bits per heavy atom. The van der Waals surface area contributed by atoms with Crippen molar-refractivity contribution >= 4 is 21.5 Å². The Kier molecular flexibility index (Phi) is 4.86. The Morgan fingerprint density at radius 1 is 0.700 bits per heavy atom. The van der Waals surface area contributed by atoms with Crippen molar-refractivity contribution in [1.82, 2.24) is 0 Å². The minimum atomic E-state index is -0.0216. The fraction of sp³-hybridized carbons (Fsp3) is 0.286. The van der Waals surface area contributed by atoms with Crippen LogP contribution in [0.2, 0.25) is 0 Å². The van der Waals surface area contributed by atoms with Crippen LogP contribution in [0.5, 0.6) is 11.5 Å². The van der Waals surface area contributed by atoms with E-state index in [0.717, 1.165) is 29.0 Å². The zero-order valence-corrected chi connectivity index (χ0v) is 17.8. The zero-order chi connectivity index (χ0) is 20.6. The van der Waals surface area contributed by atoms with Gasteiger partial charge in [-0.3, -0.25) is 0 Å². The summed E-state index contributed by atoms with van der Waals surface area (Å²) in [4.78, 5) is 0. The molecule has 30 heavy (non-hydrogen) atoms. The first-order chi connectivity index (χ1) is 14.7. The van der Waals surface area contributed by atoms with E-state index in [4.69, 9.17) is 9.47 Å². The normalized spacial score (nSPS) is 15.3. The summed E-state index contributed by atoms with van der Waals surface area (Å²) in [6.07, 6.45) is 3.45. The number of hydrogen-bond acceptors (Lipinski definition) is 2. The van der Waals surface area contributed by atoms with Crippen LogP contribution in [0.3, 0.4) is 0 Å². The molecular weight excluding hydrogens is 368 g/mol. The number of hydrogen-bond donors (Lipinski definition) is 0. The lowest BCUT2D eigenvalue weighted by molar-refractivity contribution is 0.0865. The molecule has 0 bridgehead atoms. The molecule has 0 aliphatic carbocycles. The first-order valence-electron chi connectivity index (χ1n) is 11.0. The van der Waals surface area contributed by atoms with E-state index < -0.39 is 0 Å². The predicted molar refractivity (Wildman–Crippen MR) is 126 cm³/mol. The molecule has 0 N–H and O–H groups in total. The highest BCUT2D eigenvalue weighted by atomic mass is 16.5. The second kappa shape index (κ2) is 7.68. The van der Waals surface area contributed by atoms with Crippen molar-refractivity contribution < 1.29 is 9.47 Å². The molecule has 0 radical (unpaired) electrons. The molecule has 5 rings (SSSR count). The van der Waals surface area contributed by atoms with E-state index in [9.17, 15) is 0 Å². The summed E-state index contributed by atoms with van der Waals surface area (Å²) >= 11 is 0. The van der Waals surface area contributed by atoms with Crippen LogP contribution in [0.1, 0.15) is 33.1 Å². The average molecular weight is 397 g/mol. The Bertz CT molecular complexity index is 1120. The molecule has 0 spiro atoms. The van der Waals surface area contributed by atoms with E-state index in [2.05, 4.69) is 86.6 Å². The van der Waals surface area contributed by atoms with Gasteiger partial charge in [0.15, 0.2) is 0 Å². The molecule has 0 aromatic heterocycles. The fourth-order valence-corrected chi connectivity index (χ4v) is 4.55. The van der Waals surface area contributed by atoms with Gasteiger partial charge in [-0.15, -0.1) is 0 Å². The van der Waals surface area contributed by atoms with Gasteiger partial charge in [-0.25, -0.2) is 0 Å². The minimum absolute atomic E-state index is 0.0216. The summed E-state index contributed by atoms with van der Waals surface area (Å²) in [7, 11) is 0. The lowest BCUT2D eigenvalue weighted by atomic mass is 9.86. The van der Waals surface area contributed by atoms with E-state index >= 15 is 0 Å². The van der Waals surface area contributed by atoms with Gasteiger partial charge in [0.05, 0.1) is 13.2 Å². The smallest absolute Gasteiger partial charge is 0.127 e. The zero-order valence-electron chi connectivity index (χ0n) is 17.8. The summed E-state index contributed by atoms with van der Waals surface area (Å²) in [5.74, 6) is 1.89. The Balaban J connectivity index is 1.80. The van der Waals surface area contributed by atoms with E-state index in [0.29, 0.717) is 13.2 Å². The number of benzene rings is 4. The monoisotopic (exact) mass is 396 g/mol. The van der Waals surface area contributed by atoms with Crippen LogP contribution in [-0.2, 0) is 0 Å². The summed E-state index contributed by atoms with van der Waals surface area (Å²) in [6, 6.07) is 25.7. The highest BCUT2D eigenvalue weighted by Crippen LogP contribution is 2.47. The second-order valence-electron chi connectivity index (χ2n) is 8.81. The van der Waals surface area contributed by atoms with Gasteiger partial charge in [0, 0.05) is 16.5 Å². The van der Waals surface area contributed by atoms with Gasteiger partial charge in [-0.05, 0) is 40.1 Å². The molecule has 0 saturated heterocycles. The Hall–Kier alpha value is -3.00. The van der Waals surface area contributed by atoms with Crippen molar-refractivity contribution in [2.75, 3.05) is 13.2 Å². The SMILES string of the molecule is CCCCC1(C)COc2ccc3ccccc3c2-c2c(ccc3ccccc23)OC1. The maximum atomic E-state index is 6.56. The van der Waals surface area contributed by atoms with Crippen molar-refractivity contribution in [1.29, 1.82) is 0 Å². The van der Waals surface area contributed by atoms with Crippen molar-refractivity contribution in [3.63, 3.8) is 0 Å². The van der Waals surface area contributed by atoms with Crippen LogP contribution in [0.15, 0.2) is 72.8 Å². The molecule has 0 saturated carbocycles. The van der Waals surface area contributed by atoms with E-state index in [1.54, 1.807) is 0 Å². The molecule has 4 aromatic rings. The Labute approximate surface area is 178 Å². The van der Waals surface area contributed by atoms with Gasteiger partial charge in [-0.1, -0.05) is 87.4 Å². The van der Waals surface area contributed by atoms with E-state index in [-0.39, 0.29) is 5.41 Å². The maximum absolute atomic E-state index is 6.56.